The maximum absolute atomic E-state index is 8.12. The molecule has 0 aliphatic rings. The highest BCUT2D eigenvalue weighted by molar-refractivity contribution is 5.29. The average molecular weight is 131 g/mol. The second-order valence-electron chi connectivity index (χ2n) is 1.62. The van der Waals surface area contributed by atoms with E-state index in [0.29, 0.717) is 0 Å². The summed E-state index contributed by atoms with van der Waals surface area (Å²) in [4.78, 5) is 0. The highest BCUT2D eigenvalue weighted by atomic mass is 15.1. The van der Waals surface area contributed by atoms with Gasteiger partial charge >= 0.3 is 0 Å². The Morgan fingerprint density at radius 1 is 1.70 bits per heavy atom. The number of hydrogen-bond donors (Lipinski definition) is 1. The van der Waals surface area contributed by atoms with Crippen molar-refractivity contribution in [2.75, 3.05) is 0 Å². The van der Waals surface area contributed by atoms with Gasteiger partial charge in [0.05, 0.1) is 24.3 Å². The standard InChI is InChI=1S/C7H5N3/c8-4-2-1-3-7-5-9-10-6-7/h5-6H,2H2,(H,9,10). The number of H-pyrrole nitrogens is 1. The monoisotopic (exact) mass is 131 g/mol. The minimum absolute atomic E-state index is 0.269. The van der Waals surface area contributed by atoms with E-state index in [2.05, 4.69) is 22.0 Å². The van der Waals surface area contributed by atoms with E-state index in [9.17, 15) is 0 Å². The first-order valence-electron chi connectivity index (χ1n) is 2.78. The van der Waals surface area contributed by atoms with Crippen LogP contribution in [0, 0.1) is 23.2 Å². The summed E-state index contributed by atoms with van der Waals surface area (Å²) < 4.78 is 0. The lowest BCUT2D eigenvalue weighted by Crippen LogP contribution is -1.63. The molecular formula is C7H5N3. The Bertz CT molecular complexity index is 281. The Morgan fingerprint density at radius 2 is 2.60 bits per heavy atom. The van der Waals surface area contributed by atoms with Crippen LogP contribution in [0.5, 0.6) is 0 Å². The molecule has 0 aliphatic carbocycles. The first kappa shape index (κ1) is 6.38. The zero-order valence-corrected chi connectivity index (χ0v) is 5.26. The first-order chi connectivity index (χ1) is 4.93. The van der Waals surface area contributed by atoms with Crippen LogP contribution in [0.1, 0.15) is 12.0 Å². The topological polar surface area (TPSA) is 52.5 Å². The molecular weight excluding hydrogens is 126 g/mol. The largest absolute Gasteiger partial charge is 0.284 e. The predicted octanol–water partition coefficient (Wildman–Crippen LogP) is 0.675. The van der Waals surface area contributed by atoms with Crippen LogP contribution in [0.3, 0.4) is 0 Å². The molecule has 0 unspecified atom stereocenters. The summed E-state index contributed by atoms with van der Waals surface area (Å²) in [6.07, 6.45) is 3.57. The molecule has 0 aliphatic heterocycles. The summed E-state index contributed by atoms with van der Waals surface area (Å²) in [5.41, 5.74) is 0.815. The lowest BCUT2D eigenvalue weighted by molar-refractivity contribution is 1.09. The minimum Gasteiger partial charge on any atom is -0.284 e. The molecule has 1 aromatic heterocycles. The lowest BCUT2D eigenvalue weighted by Gasteiger charge is -1.70. The van der Waals surface area contributed by atoms with Gasteiger partial charge in [0.25, 0.3) is 0 Å². The van der Waals surface area contributed by atoms with E-state index >= 15 is 0 Å². The number of nitrogens with zero attached hydrogens (tertiary/aromatic N) is 2. The van der Waals surface area contributed by atoms with Gasteiger partial charge in [-0.05, 0) is 0 Å². The van der Waals surface area contributed by atoms with Crippen LogP contribution >= 0.6 is 0 Å². The molecule has 48 valence electrons. The zero-order valence-electron chi connectivity index (χ0n) is 5.26. The minimum atomic E-state index is 0.269. The molecule has 3 heteroatoms. The molecule has 0 bridgehead atoms. The third-order valence-corrected chi connectivity index (χ3v) is 0.898. The first-order valence-corrected chi connectivity index (χ1v) is 2.78. The molecule has 0 aromatic carbocycles. The van der Waals surface area contributed by atoms with Crippen LogP contribution < -0.4 is 0 Å². The second kappa shape index (κ2) is 3.32. The van der Waals surface area contributed by atoms with Gasteiger partial charge in [0, 0.05) is 6.20 Å². The average Bonchev–Trinajstić information content (AvgIpc) is 2.41. The third-order valence-electron chi connectivity index (χ3n) is 0.898. The van der Waals surface area contributed by atoms with Crippen LogP contribution in [0.25, 0.3) is 0 Å². The van der Waals surface area contributed by atoms with Gasteiger partial charge in [-0.25, -0.2) is 0 Å². The van der Waals surface area contributed by atoms with E-state index in [1.807, 2.05) is 6.07 Å². The second-order valence-corrected chi connectivity index (χ2v) is 1.62. The lowest BCUT2D eigenvalue weighted by atomic mass is 10.3. The van der Waals surface area contributed by atoms with Crippen molar-refractivity contribution in [3.8, 4) is 17.9 Å². The highest BCUT2D eigenvalue weighted by Crippen LogP contribution is 1.88. The number of aromatic nitrogens is 2. The molecule has 10 heavy (non-hydrogen) atoms. The molecule has 0 saturated carbocycles. The highest BCUT2D eigenvalue weighted by Gasteiger charge is 1.82. The fourth-order valence-electron chi connectivity index (χ4n) is 0.505. The summed E-state index contributed by atoms with van der Waals surface area (Å²) in [7, 11) is 0. The van der Waals surface area contributed by atoms with Crippen molar-refractivity contribution in [1.82, 2.24) is 10.2 Å². The predicted molar refractivity (Wildman–Crippen MR) is 35.7 cm³/mol. The van der Waals surface area contributed by atoms with Crippen molar-refractivity contribution in [2.24, 2.45) is 0 Å². The van der Waals surface area contributed by atoms with Crippen molar-refractivity contribution in [3.63, 3.8) is 0 Å². The number of rotatable bonds is 0. The van der Waals surface area contributed by atoms with Gasteiger partial charge < -0.3 is 0 Å². The van der Waals surface area contributed by atoms with Gasteiger partial charge in [-0.15, -0.1) is 0 Å². The van der Waals surface area contributed by atoms with Crippen molar-refractivity contribution in [2.45, 2.75) is 6.42 Å². The molecule has 1 rings (SSSR count). The van der Waals surface area contributed by atoms with Crippen LogP contribution in [-0.4, -0.2) is 10.2 Å². The van der Waals surface area contributed by atoms with E-state index in [0.717, 1.165) is 5.56 Å². The maximum Gasteiger partial charge on any atom is 0.0966 e. The summed E-state index contributed by atoms with van der Waals surface area (Å²) in [6.45, 7) is 0. The molecule has 0 saturated heterocycles. The summed E-state index contributed by atoms with van der Waals surface area (Å²) >= 11 is 0. The van der Waals surface area contributed by atoms with Crippen molar-refractivity contribution in [3.05, 3.63) is 18.0 Å². The Morgan fingerprint density at radius 3 is 3.20 bits per heavy atom. The molecule has 0 radical (unpaired) electrons. The Balaban J connectivity index is 2.59. The van der Waals surface area contributed by atoms with Gasteiger partial charge in [0.2, 0.25) is 0 Å². The van der Waals surface area contributed by atoms with Crippen LogP contribution in [-0.2, 0) is 0 Å². The zero-order chi connectivity index (χ0) is 7.23. The molecule has 0 amide bonds. The molecule has 0 fully saturated rings. The molecule has 1 heterocycles. The smallest absolute Gasteiger partial charge is 0.0966 e. The summed E-state index contributed by atoms with van der Waals surface area (Å²) in [5.74, 6) is 5.43. The van der Waals surface area contributed by atoms with Gasteiger partial charge in [-0.3, -0.25) is 5.10 Å². The van der Waals surface area contributed by atoms with Crippen molar-refractivity contribution >= 4 is 0 Å². The number of nitrogens with one attached hydrogen (secondary N) is 1. The number of nitriles is 1. The fraction of sp³-hybridized carbons (Fsp3) is 0.143. The van der Waals surface area contributed by atoms with E-state index in [4.69, 9.17) is 5.26 Å². The van der Waals surface area contributed by atoms with Crippen molar-refractivity contribution in [1.29, 1.82) is 5.26 Å². The van der Waals surface area contributed by atoms with E-state index < -0.39 is 0 Å². The van der Waals surface area contributed by atoms with Crippen LogP contribution in [0.2, 0.25) is 0 Å². The molecule has 1 N–H and O–H groups in total. The van der Waals surface area contributed by atoms with Crippen LogP contribution in [0.4, 0.5) is 0 Å². The fourth-order valence-corrected chi connectivity index (χ4v) is 0.505. The maximum atomic E-state index is 8.12. The molecule has 3 nitrogen and oxygen atoms in total. The molecule has 1 aromatic rings. The SMILES string of the molecule is N#CCC#Cc1cn[nH]c1. The van der Waals surface area contributed by atoms with Crippen molar-refractivity contribution < 1.29 is 0 Å². The Labute approximate surface area is 58.7 Å². The summed E-state index contributed by atoms with van der Waals surface area (Å²) in [5, 5.41) is 14.4. The van der Waals surface area contributed by atoms with Crippen LogP contribution in [0.15, 0.2) is 12.4 Å². The number of hydrogen-bond acceptors (Lipinski definition) is 2. The van der Waals surface area contributed by atoms with E-state index in [1.165, 1.54) is 0 Å². The number of aromatic amines is 1. The molecule has 0 atom stereocenters. The molecule has 0 spiro atoms. The van der Waals surface area contributed by atoms with Gasteiger partial charge in [-0.2, -0.15) is 10.4 Å². The van der Waals surface area contributed by atoms with E-state index in [-0.39, 0.29) is 6.42 Å². The van der Waals surface area contributed by atoms with Gasteiger partial charge in [0.1, 0.15) is 0 Å². The normalized spacial score (nSPS) is 7.50. The van der Waals surface area contributed by atoms with Gasteiger partial charge in [0.15, 0.2) is 0 Å². The van der Waals surface area contributed by atoms with E-state index in [1.54, 1.807) is 12.4 Å². The quantitative estimate of drug-likeness (QED) is 0.526. The Kier molecular flexibility index (Phi) is 2.12. The Hall–Kier alpha value is -1.74. The third kappa shape index (κ3) is 1.65. The summed E-state index contributed by atoms with van der Waals surface area (Å²) in [6, 6.07) is 1.93. The van der Waals surface area contributed by atoms with Gasteiger partial charge in [-0.1, -0.05) is 11.8 Å².